The van der Waals surface area contributed by atoms with Crippen molar-refractivity contribution in [2.75, 3.05) is 13.1 Å². The molecule has 0 unspecified atom stereocenters. The number of amides is 1. The van der Waals surface area contributed by atoms with Crippen molar-refractivity contribution in [2.45, 2.75) is 12.8 Å². The minimum Gasteiger partial charge on any atom is -0.507 e. The van der Waals surface area contributed by atoms with Crippen LogP contribution in [0.15, 0.2) is 48.5 Å². The first-order valence-electron chi connectivity index (χ1n) is 7.94. The number of rotatable bonds is 4. The second-order valence-electron chi connectivity index (χ2n) is 6.13. The molecule has 2 aromatic carbocycles. The summed E-state index contributed by atoms with van der Waals surface area (Å²) in [6.07, 6.45) is 1.71. The van der Waals surface area contributed by atoms with Gasteiger partial charge in [0.15, 0.2) is 0 Å². The van der Waals surface area contributed by atoms with E-state index in [1.165, 1.54) is 6.07 Å². The molecule has 5 heteroatoms. The van der Waals surface area contributed by atoms with E-state index in [0.29, 0.717) is 24.6 Å². The molecule has 0 aromatic heterocycles. The highest BCUT2D eigenvalue weighted by Crippen LogP contribution is 2.25. The second kappa shape index (κ2) is 6.74. The van der Waals surface area contributed by atoms with Crippen molar-refractivity contribution in [2.24, 2.45) is 5.92 Å². The molecule has 1 heterocycles. The quantitative estimate of drug-likeness (QED) is 0.906. The van der Waals surface area contributed by atoms with Crippen LogP contribution in [0.1, 0.15) is 32.7 Å². The van der Waals surface area contributed by atoms with Gasteiger partial charge in [-0.3, -0.25) is 4.79 Å². The lowest BCUT2D eigenvalue weighted by Crippen LogP contribution is -2.29. The van der Waals surface area contributed by atoms with E-state index in [-0.39, 0.29) is 17.2 Å². The smallest absolute Gasteiger partial charge is 0.335 e. The Morgan fingerprint density at radius 1 is 1.08 bits per heavy atom. The maximum atomic E-state index is 12.5. The number of carboxylic acid groups (broad SMARTS) is 1. The van der Waals surface area contributed by atoms with Gasteiger partial charge in [0.25, 0.3) is 5.91 Å². The van der Waals surface area contributed by atoms with E-state index in [9.17, 15) is 14.7 Å². The maximum absolute atomic E-state index is 12.5. The second-order valence-corrected chi connectivity index (χ2v) is 6.13. The third-order valence-corrected chi connectivity index (χ3v) is 4.43. The number of phenols is 1. The van der Waals surface area contributed by atoms with Crippen molar-refractivity contribution in [3.8, 4) is 5.75 Å². The SMILES string of the molecule is O=C(O)c1ccc(C[C@@H]2CCN(C(=O)c3ccccc3O)C2)cc1. The number of carbonyl (C=O) groups is 2. The summed E-state index contributed by atoms with van der Waals surface area (Å²) in [7, 11) is 0. The summed E-state index contributed by atoms with van der Waals surface area (Å²) >= 11 is 0. The average Bonchev–Trinajstić information content (AvgIpc) is 3.04. The van der Waals surface area contributed by atoms with Gasteiger partial charge in [-0.2, -0.15) is 0 Å². The zero-order chi connectivity index (χ0) is 17.1. The minimum atomic E-state index is -0.929. The van der Waals surface area contributed by atoms with Crippen LogP contribution in [0.4, 0.5) is 0 Å². The van der Waals surface area contributed by atoms with Crippen LogP contribution in [0.3, 0.4) is 0 Å². The first kappa shape index (κ1) is 16.1. The molecule has 1 aliphatic rings. The van der Waals surface area contributed by atoms with Gasteiger partial charge in [-0.1, -0.05) is 24.3 Å². The summed E-state index contributed by atoms with van der Waals surface area (Å²) in [5, 5.41) is 18.7. The van der Waals surface area contributed by atoms with E-state index in [1.807, 2.05) is 12.1 Å². The predicted octanol–water partition coefficient (Wildman–Crippen LogP) is 2.80. The van der Waals surface area contributed by atoms with Gasteiger partial charge in [0.2, 0.25) is 0 Å². The standard InChI is InChI=1S/C19H19NO4/c21-17-4-2-1-3-16(17)18(22)20-10-9-14(12-20)11-13-5-7-15(8-6-13)19(23)24/h1-8,14,21H,9-12H2,(H,23,24)/t14-/m0/s1. The normalized spacial score (nSPS) is 17.0. The van der Waals surface area contributed by atoms with E-state index >= 15 is 0 Å². The van der Waals surface area contributed by atoms with Gasteiger partial charge in [0, 0.05) is 13.1 Å². The molecular weight excluding hydrogens is 306 g/mol. The minimum absolute atomic E-state index is 0.00945. The lowest BCUT2D eigenvalue weighted by molar-refractivity contribution is 0.0696. The molecule has 5 nitrogen and oxygen atoms in total. The number of nitrogens with zero attached hydrogens (tertiary/aromatic N) is 1. The fourth-order valence-electron chi connectivity index (χ4n) is 3.13. The predicted molar refractivity (Wildman–Crippen MR) is 89.2 cm³/mol. The maximum Gasteiger partial charge on any atom is 0.335 e. The Morgan fingerprint density at radius 3 is 2.46 bits per heavy atom. The average molecular weight is 325 g/mol. The number of carboxylic acids is 1. The Balaban J connectivity index is 1.62. The van der Waals surface area contributed by atoms with Crippen molar-refractivity contribution in [1.29, 1.82) is 0 Å². The molecular formula is C19H19NO4. The topological polar surface area (TPSA) is 77.8 Å². The summed E-state index contributed by atoms with van der Waals surface area (Å²) in [6, 6.07) is 13.5. The van der Waals surface area contributed by atoms with Crippen LogP contribution in [-0.4, -0.2) is 40.1 Å². The largest absolute Gasteiger partial charge is 0.507 e. The molecule has 0 bridgehead atoms. The van der Waals surface area contributed by atoms with Crippen LogP contribution < -0.4 is 0 Å². The number of carbonyl (C=O) groups excluding carboxylic acids is 1. The molecule has 0 radical (unpaired) electrons. The molecule has 1 atom stereocenters. The van der Waals surface area contributed by atoms with Crippen LogP contribution in [0.25, 0.3) is 0 Å². The number of phenolic OH excluding ortho intramolecular Hbond substituents is 1. The number of aromatic hydroxyl groups is 1. The fourth-order valence-corrected chi connectivity index (χ4v) is 3.13. The molecule has 2 N–H and O–H groups in total. The lowest BCUT2D eigenvalue weighted by Gasteiger charge is -2.17. The Morgan fingerprint density at radius 2 is 1.79 bits per heavy atom. The Hall–Kier alpha value is -2.82. The van der Waals surface area contributed by atoms with E-state index in [2.05, 4.69) is 0 Å². The van der Waals surface area contributed by atoms with Crippen LogP contribution in [0.2, 0.25) is 0 Å². The molecule has 24 heavy (non-hydrogen) atoms. The third-order valence-electron chi connectivity index (χ3n) is 4.43. The van der Waals surface area contributed by atoms with Crippen molar-refractivity contribution in [3.05, 3.63) is 65.2 Å². The van der Waals surface area contributed by atoms with E-state index < -0.39 is 5.97 Å². The zero-order valence-electron chi connectivity index (χ0n) is 13.2. The summed E-state index contributed by atoms with van der Waals surface area (Å²) in [5.41, 5.74) is 1.69. The highest BCUT2D eigenvalue weighted by molar-refractivity contribution is 5.96. The van der Waals surface area contributed by atoms with Crippen LogP contribution in [0, 0.1) is 5.92 Å². The summed E-state index contributed by atoms with van der Waals surface area (Å²) in [6.45, 7) is 1.32. The molecule has 124 valence electrons. The fraction of sp³-hybridized carbons (Fsp3) is 0.263. The van der Waals surface area contributed by atoms with E-state index in [4.69, 9.17) is 5.11 Å². The van der Waals surface area contributed by atoms with Gasteiger partial charge in [-0.25, -0.2) is 4.79 Å². The van der Waals surface area contributed by atoms with Gasteiger partial charge >= 0.3 is 5.97 Å². The highest BCUT2D eigenvalue weighted by Gasteiger charge is 2.28. The first-order chi connectivity index (χ1) is 11.5. The number of hydrogen-bond acceptors (Lipinski definition) is 3. The zero-order valence-corrected chi connectivity index (χ0v) is 13.2. The number of para-hydroxylation sites is 1. The van der Waals surface area contributed by atoms with Crippen LogP contribution >= 0.6 is 0 Å². The van der Waals surface area contributed by atoms with Gasteiger partial charge in [0.1, 0.15) is 5.75 Å². The van der Waals surface area contributed by atoms with Gasteiger partial charge in [0.05, 0.1) is 11.1 Å². The first-order valence-corrected chi connectivity index (χ1v) is 7.94. The number of likely N-dealkylation sites (tertiary alicyclic amines) is 1. The Bertz CT molecular complexity index is 754. The van der Waals surface area contributed by atoms with Crippen molar-refractivity contribution in [1.82, 2.24) is 4.90 Å². The lowest BCUT2D eigenvalue weighted by atomic mass is 9.98. The van der Waals surface area contributed by atoms with Crippen LogP contribution in [-0.2, 0) is 6.42 Å². The summed E-state index contributed by atoms with van der Waals surface area (Å²) in [4.78, 5) is 25.1. The number of benzene rings is 2. The van der Waals surface area contributed by atoms with Crippen molar-refractivity contribution >= 4 is 11.9 Å². The van der Waals surface area contributed by atoms with Crippen LogP contribution in [0.5, 0.6) is 5.75 Å². The van der Waals surface area contributed by atoms with Gasteiger partial charge in [-0.05, 0) is 48.6 Å². The van der Waals surface area contributed by atoms with Gasteiger partial charge in [-0.15, -0.1) is 0 Å². The van der Waals surface area contributed by atoms with Crippen molar-refractivity contribution < 1.29 is 19.8 Å². The molecule has 0 aliphatic carbocycles. The summed E-state index contributed by atoms with van der Waals surface area (Å²) < 4.78 is 0. The number of aromatic carboxylic acids is 1. The molecule has 2 aromatic rings. The molecule has 1 amide bonds. The van der Waals surface area contributed by atoms with Crippen molar-refractivity contribution in [3.63, 3.8) is 0 Å². The summed E-state index contributed by atoms with van der Waals surface area (Å²) in [5.74, 6) is -0.718. The Labute approximate surface area is 140 Å². The molecule has 1 saturated heterocycles. The molecule has 0 spiro atoms. The monoisotopic (exact) mass is 325 g/mol. The van der Waals surface area contributed by atoms with Gasteiger partial charge < -0.3 is 15.1 Å². The molecule has 0 saturated carbocycles. The molecule has 1 fully saturated rings. The third kappa shape index (κ3) is 3.40. The highest BCUT2D eigenvalue weighted by atomic mass is 16.4. The van der Waals surface area contributed by atoms with E-state index in [0.717, 1.165) is 18.4 Å². The van der Waals surface area contributed by atoms with E-state index in [1.54, 1.807) is 35.2 Å². The Kier molecular flexibility index (Phi) is 4.51. The molecule has 3 rings (SSSR count). The molecule has 1 aliphatic heterocycles. The number of hydrogen-bond donors (Lipinski definition) is 2.